The van der Waals surface area contributed by atoms with Crippen molar-refractivity contribution in [1.82, 2.24) is 10.2 Å². The fraction of sp³-hybridized carbons (Fsp3) is 0.484. The number of hydrogen-bond donors (Lipinski definition) is 4. The molecule has 0 saturated heterocycles. The van der Waals surface area contributed by atoms with Gasteiger partial charge in [-0.2, -0.15) is 0 Å². The molecule has 4 atom stereocenters. The second kappa shape index (κ2) is 13.2. The average Bonchev–Trinajstić information content (AvgIpc) is 3.64. The Balaban J connectivity index is 1.58. The van der Waals surface area contributed by atoms with E-state index in [4.69, 9.17) is 32.7 Å². The summed E-state index contributed by atoms with van der Waals surface area (Å²) in [5, 5.41) is 34.6. The van der Waals surface area contributed by atoms with Gasteiger partial charge >= 0.3 is 0 Å². The number of benzene rings is 2. The molecule has 2 amide bonds. The van der Waals surface area contributed by atoms with Crippen LogP contribution in [0.2, 0.25) is 10.0 Å². The van der Waals surface area contributed by atoms with Crippen LogP contribution in [0, 0.1) is 5.92 Å². The second-order valence-corrected chi connectivity index (χ2v) is 12.0. The molecule has 226 valence electrons. The van der Waals surface area contributed by atoms with Crippen LogP contribution < -0.4 is 14.8 Å². The van der Waals surface area contributed by atoms with Crippen molar-refractivity contribution in [1.29, 1.82) is 0 Å². The van der Waals surface area contributed by atoms with Crippen LogP contribution in [-0.2, 0) is 22.7 Å². The summed E-state index contributed by atoms with van der Waals surface area (Å²) >= 11 is 12.4. The summed E-state index contributed by atoms with van der Waals surface area (Å²) in [5.74, 6) is -0.279. The molecule has 5 rings (SSSR count). The molecule has 0 bridgehead atoms. The van der Waals surface area contributed by atoms with E-state index in [2.05, 4.69) is 5.32 Å². The fourth-order valence-corrected chi connectivity index (χ4v) is 6.71. The summed E-state index contributed by atoms with van der Waals surface area (Å²) in [4.78, 5) is 29.1. The molecule has 2 aromatic carbocycles. The number of amides is 2. The summed E-state index contributed by atoms with van der Waals surface area (Å²) < 4.78 is 11.8. The van der Waals surface area contributed by atoms with Crippen molar-refractivity contribution in [2.45, 2.75) is 69.4 Å². The van der Waals surface area contributed by atoms with Crippen molar-refractivity contribution in [3.05, 3.63) is 68.7 Å². The van der Waals surface area contributed by atoms with Gasteiger partial charge in [-0.25, -0.2) is 0 Å². The zero-order valence-corrected chi connectivity index (χ0v) is 24.9. The molecule has 0 aromatic heterocycles. The maximum absolute atomic E-state index is 13.9. The first kappa shape index (κ1) is 30.6. The van der Waals surface area contributed by atoms with E-state index in [1.807, 2.05) is 0 Å². The molecule has 1 saturated carbocycles. The van der Waals surface area contributed by atoms with Crippen LogP contribution in [0.1, 0.15) is 54.7 Å². The molecule has 1 heterocycles. The quantitative estimate of drug-likeness (QED) is 0.319. The molecule has 1 fully saturated rings. The lowest BCUT2D eigenvalue weighted by Gasteiger charge is -2.41. The van der Waals surface area contributed by atoms with Crippen LogP contribution in [-0.4, -0.2) is 70.5 Å². The van der Waals surface area contributed by atoms with Crippen molar-refractivity contribution < 1.29 is 34.4 Å². The van der Waals surface area contributed by atoms with Crippen molar-refractivity contribution in [2.75, 3.05) is 20.3 Å². The molecule has 3 aliphatic rings. The van der Waals surface area contributed by atoms with Gasteiger partial charge in [0, 0.05) is 30.6 Å². The van der Waals surface area contributed by atoms with Gasteiger partial charge in [0.05, 0.1) is 42.3 Å². The van der Waals surface area contributed by atoms with Gasteiger partial charge in [0.2, 0.25) is 11.8 Å². The van der Waals surface area contributed by atoms with Crippen molar-refractivity contribution in [3.8, 4) is 11.5 Å². The highest BCUT2D eigenvalue weighted by Crippen LogP contribution is 2.51. The highest BCUT2D eigenvalue weighted by molar-refractivity contribution is 6.42. The Hall–Kier alpha value is -2.82. The van der Waals surface area contributed by atoms with Crippen molar-refractivity contribution in [2.24, 2.45) is 5.92 Å². The van der Waals surface area contributed by atoms with Crippen LogP contribution in [0.25, 0.3) is 0 Å². The Kier molecular flexibility index (Phi) is 9.64. The maximum atomic E-state index is 13.9. The zero-order chi connectivity index (χ0) is 30.0. The van der Waals surface area contributed by atoms with Crippen LogP contribution in [0.15, 0.2) is 42.0 Å². The molecule has 9 nitrogen and oxygen atoms in total. The van der Waals surface area contributed by atoms with Gasteiger partial charge in [-0.1, -0.05) is 42.1 Å². The molecule has 2 aromatic rings. The van der Waals surface area contributed by atoms with Gasteiger partial charge in [0.1, 0.15) is 12.2 Å². The van der Waals surface area contributed by atoms with Gasteiger partial charge in [-0.3, -0.25) is 9.59 Å². The molecular weight excluding hydrogens is 583 g/mol. The lowest BCUT2D eigenvalue weighted by atomic mass is 9.77. The molecule has 2 aliphatic carbocycles. The number of nitrogens with zero attached hydrogens (tertiary/aromatic N) is 1. The predicted molar refractivity (Wildman–Crippen MR) is 158 cm³/mol. The average molecular weight is 620 g/mol. The number of carbonyl (C=O) groups is 2. The topological polar surface area (TPSA) is 129 Å². The van der Waals surface area contributed by atoms with E-state index in [1.54, 1.807) is 41.3 Å². The molecular formula is C31H36Cl2N2O7. The van der Waals surface area contributed by atoms with E-state index in [0.717, 1.165) is 31.2 Å². The minimum absolute atomic E-state index is 0.0299. The Labute approximate surface area is 255 Å². The Morgan fingerprint density at radius 2 is 1.86 bits per heavy atom. The highest BCUT2D eigenvalue weighted by atomic mass is 35.5. The van der Waals surface area contributed by atoms with E-state index in [-0.39, 0.29) is 38.1 Å². The third-order valence-electron chi connectivity index (χ3n) is 8.45. The summed E-state index contributed by atoms with van der Waals surface area (Å²) in [7, 11) is 1.48. The number of rotatable bonds is 10. The zero-order valence-electron chi connectivity index (χ0n) is 23.4. The van der Waals surface area contributed by atoms with E-state index >= 15 is 0 Å². The van der Waals surface area contributed by atoms with E-state index in [1.165, 1.54) is 7.11 Å². The van der Waals surface area contributed by atoms with Gasteiger partial charge in [-0.15, -0.1) is 0 Å². The first-order chi connectivity index (χ1) is 20.2. The number of fused-ring (bicyclic) bond motifs is 3. The summed E-state index contributed by atoms with van der Waals surface area (Å²) in [6.45, 7) is -0.344. The monoisotopic (exact) mass is 618 g/mol. The third-order valence-corrected chi connectivity index (χ3v) is 9.19. The molecule has 42 heavy (non-hydrogen) atoms. The second-order valence-electron chi connectivity index (χ2n) is 11.1. The van der Waals surface area contributed by atoms with Crippen molar-refractivity contribution in [3.63, 3.8) is 0 Å². The highest BCUT2D eigenvalue weighted by Gasteiger charge is 2.51. The molecule has 4 N–H and O–H groups in total. The maximum Gasteiger partial charge on any atom is 0.247 e. The summed E-state index contributed by atoms with van der Waals surface area (Å²) in [6, 6.07) is 7.63. The number of aliphatic hydroxyl groups excluding tert-OH is 3. The lowest BCUT2D eigenvalue weighted by molar-refractivity contribution is -0.139. The van der Waals surface area contributed by atoms with Crippen molar-refractivity contribution >= 4 is 35.0 Å². The number of methoxy groups -OCH3 is 1. The molecule has 0 spiro atoms. The molecule has 0 radical (unpaired) electrons. The lowest BCUT2D eigenvalue weighted by Crippen LogP contribution is -2.55. The van der Waals surface area contributed by atoms with Gasteiger partial charge in [0.15, 0.2) is 11.5 Å². The largest absolute Gasteiger partial charge is 0.493 e. The van der Waals surface area contributed by atoms with E-state index in [0.29, 0.717) is 44.7 Å². The van der Waals surface area contributed by atoms with E-state index in [9.17, 15) is 24.9 Å². The number of hydrogen-bond acceptors (Lipinski definition) is 7. The fourth-order valence-electron chi connectivity index (χ4n) is 6.39. The standard InChI is InChI=1S/C31H36Cl2N2O7/c1-41-25-12-19(16-37)10-20-27-21(31(40)34-8-9-36)14-24(28(39)30(27)42-29(20)25)35(26(38)13-17-4-2-3-5-17)15-18-6-7-22(32)23(33)11-18/h6-7,10-12,14,17,24,27-28,30,36-37,39H,2-5,8-9,13,15-16H2,1H3,(H,34,40). The number of nitrogens with one attached hydrogen (secondary N) is 1. The van der Waals surface area contributed by atoms with Crippen LogP contribution >= 0.6 is 23.2 Å². The van der Waals surface area contributed by atoms with Crippen LogP contribution in [0.3, 0.4) is 0 Å². The van der Waals surface area contributed by atoms with Gasteiger partial charge < -0.3 is 35.0 Å². The number of ether oxygens (including phenoxy) is 2. The first-order valence-electron chi connectivity index (χ1n) is 14.3. The summed E-state index contributed by atoms with van der Waals surface area (Å²) in [5.41, 5.74) is 2.18. The SMILES string of the molecule is COc1cc(CO)cc2c1OC1C2C(C(=O)NCCO)=CC(N(Cc2ccc(Cl)c(Cl)c2)C(=O)CC2CCCC2)C1O. The Morgan fingerprint density at radius 1 is 1.10 bits per heavy atom. The predicted octanol–water partition coefficient (Wildman–Crippen LogP) is 3.73. The number of aliphatic hydroxyl groups is 3. The van der Waals surface area contributed by atoms with Crippen LogP contribution in [0.4, 0.5) is 0 Å². The van der Waals surface area contributed by atoms with Gasteiger partial charge in [-0.05, 0) is 60.2 Å². The third kappa shape index (κ3) is 6.12. The van der Waals surface area contributed by atoms with Crippen LogP contribution in [0.5, 0.6) is 11.5 Å². The Morgan fingerprint density at radius 3 is 2.52 bits per heavy atom. The van der Waals surface area contributed by atoms with Gasteiger partial charge in [0.25, 0.3) is 0 Å². The normalized spacial score (nSPS) is 23.0. The first-order valence-corrected chi connectivity index (χ1v) is 15.0. The molecule has 4 unspecified atom stereocenters. The summed E-state index contributed by atoms with van der Waals surface area (Å²) in [6.07, 6.45) is 3.96. The molecule has 1 aliphatic heterocycles. The number of halogens is 2. The van der Waals surface area contributed by atoms with E-state index < -0.39 is 30.1 Å². The number of carbonyl (C=O) groups excluding carboxylic acids is 2. The minimum atomic E-state index is -1.20. The minimum Gasteiger partial charge on any atom is -0.493 e. The molecule has 11 heteroatoms. The Bertz CT molecular complexity index is 1360. The smallest absolute Gasteiger partial charge is 0.247 e.